The van der Waals surface area contributed by atoms with Gasteiger partial charge in [-0.15, -0.1) is 0 Å². The van der Waals surface area contributed by atoms with Crippen molar-refractivity contribution in [2.45, 2.75) is 25.8 Å². The summed E-state index contributed by atoms with van der Waals surface area (Å²) in [6, 6.07) is 8.16. The van der Waals surface area contributed by atoms with Gasteiger partial charge in [-0.1, -0.05) is 25.5 Å². The van der Waals surface area contributed by atoms with Crippen LogP contribution in [-0.4, -0.2) is 38.8 Å². The van der Waals surface area contributed by atoms with Crippen LogP contribution in [-0.2, 0) is 4.74 Å². The first-order valence-electron chi connectivity index (χ1n) is 6.92. The SMILES string of the molecule is CCCC1CNCCN1c1ccccc1C(=O)OC. The number of carbonyl (C=O) groups excluding carboxylic acids is 1. The molecule has 1 aromatic carbocycles. The Hall–Kier alpha value is -1.55. The predicted octanol–water partition coefficient (Wildman–Crippen LogP) is 2.05. The minimum atomic E-state index is -0.260. The molecule has 1 aromatic rings. The number of nitrogens with one attached hydrogen (secondary N) is 1. The van der Waals surface area contributed by atoms with E-state index in [0.29, 0.717) is 11.6 Å². The molecular weight excluding hydrogens is 240 g/mol. The molecule has 2 rings (SSSR count). The van der Waals surface area contributed by atoms with Crippen LogP contribution in [0.5, 0.6) is 0 Å². The fourth-order valence-corrected chi connectivity index (χ4v) is 2.68. The molecule has 0 spiro atoms. The van der Waals surface area contributed by atoms with Crippen molar-refractivity contribution in [2.24, 2.45) is 0 Å². The van der Waals surface area contributed by atoms with Crippen LogP contribution in [0.2, 0.25) is 0 Å². The van der Waals surface area contributed by atoms with Gasteiger partial charge in [-0.05, 0) is 18.6 Å². The third-order valence-corrected chi connectivity index (χ3v) is 3.59. The van der Waals surface area contributed by atoms with E-state index in [-0.39, 0.29) is 5.97 Å². The number of para-hydroxylation sites is 1. The molecule has 104 valence electrons. The molecule has 1 aliphatic rings. The minimum Gasteiger partial charge on any atom is -0.465 e. The molecule has 4 nitrogen and oxygen atoms in total. The fourth-order valence-electron chi connectivity index (χ4n) is 2.68. The van der Waals surface area contributed by atoms with Gasteiger partial charge in [-0.2, -0.15) is 0 Å². The van der Waals surface area contributed by atoms with Gasteiger partial charge in [-0.3, -0.25) is 0 Å². The maximum Gasteiger partial charge on any atom is 0.339 e. The lowest BCUT2D eigenvalue weighted by Crippen LogP contribution is -2.51. The molecular formula is C15H22N2O2. The molecule has 1 atom stereocenters. The molecule has 0 aliphatic carbocycles. The lowest BCUT2D eigenvalue weighted by Gasteiger charge is -2.38. The summed E-state index contributed by atoms with van der Waals surface area (Å²) in [7, 11) is 1.43. The topological polar surface area (TPSA) is 41.6 Å². The molecule has 1 N–H and O–H groups in total. The zero-order valence-electron chi connectivity index (χ0n) is 11.7. The molecule has 1 heterocycles. The molecule has 0 saturated carbocycles. The average molecular weight is 262 g/mol. The van der Waals surface area contributed by atoms with Gasteiger partial charge in [0.15, 0.2) is 0 Å². The zero-order valence-corrected chi connectivity index (χ0v) is 11.7. The maximum atomic E-state index is 11.9. The summed E-state index contributed by atoms with van der Waals surface area (Å²) in [6.45, 7) is 5.05. The van der Waals surface area contributed by atoms with Crippen molar-refractivity contribution in [3.05, 3.63) is 29.8 Å². The third kappa shape index (κ3) is 3.07. The summed E-state index contributed by atoms with van der Waals surface area (Å²) in [5.41, 5.74) is 1.65. The van der Waals surface area contributed by atoms with Crippen molar-refractivity contribution in [1.29, 1.82) is 0 Å². The van der Waals surface area contributed by atoms with Crippen LogP contribution in [0.25, 0.3) is 0 Å². The van der Waals surface area contributed by atoms with E-state index in [9.17, 15) is 4.79 Å². The Morgan fingerprint density at radius 1 is 1.47 bits per heavy atom. The highest BCUT2D eigenvalue weighted by atomic mass is 16.5. The van der Waals surface area contributed by atoms with E-state index in [4.69, 9.17) is 4.74 Å². The molecule has 0 bridgehead atoms. The summed E-state index contributed by atoms with van der Waals surface area (Å²) in [6.07, 6.45) is 2.27. The second kappa shape index (κ2) is 6.57. The number of methoxy groups -OCH3 is 1. The number of ether oxygens (including phenoxy) is 1. The summed E-state index contributed by atoms with van der Waals surface area (Å²) in [5.74, 6) is -0.260. The number of carbonyl (C=O) groups is 1. The number of benzene rings is 1. The Balaban J connectivity index is 2.30. The van der Waals surface area contributed by atoms with E-state index in [1.54, 1.807) is 0 Å². The number of esters is 1. The van der Waals surface area contributed by atoms with Crippen LogP contribution in [0.15, 0.2) is 24.3 Å². The molecule has 1 unspecified atom stereocenters. The van der Waals surface area contributed by atoms with Crippen molar-refractivity contribution in [1.82, 2.24) is 5.32 Å². The van der Waals surface area contributed by atoms with Crippen molar-refractivity contribution in [2.75, 3.05) is 31.6 Å². The van der Waals surface area contributed by atoms with E-state index in [1.807, 2.05) is 24.3 Å². The number of nitrogens with zero attached hydrogens (tertiary/aromatic N) is 1. The first-order valence-corrected chi connectivity index (χ1v) is 6.92. The second-order valence-corrected chi connectivity index (χ2v) is 4.85. The van der Waals surface area contributed by atoms with Crippen LogP contribution in [0, 0.1) is 0 Å². The van der Waals surface area contributed by atoms with E-state index >= 15 is 0 Å². The van der Waals surface area contributed by atoms with Gasteiger partial charge >= 0.3 is 5.97 Å². The fraction of sp³-hybridized carbons (Fsp3) is 0.533. The van der Waals surface area contributed by atoms with Crippen molar-refractivity contribution in [3.63, 3.8) is 0 Å². The quantitative estimate of drug-likeness (QED) is 0.843. The Morgan fingerprint density at radius 3 is 3.00 bits per heavy atom. The normalized spacial score (nSPS) is 19.3. The van der Waals surface area contributed by atoms with Crippen LogP contribution in [0.4, 0.5) is 5.69 Å². The first-order chi connectivity index (χ1) is 9.27. The van der Waals surface area contributed by atoms with E-state index in [1.165, 1.54) is 7.11 Å². The van der Waals surface area contributed by atoms with Crippen LogP contribution < -0.4 is 10.2 Å². The van der Waals surface area contributed by atoms with Gasteiger partial charge < -0.3 is 15.0 Å². The summed E-state index contributed by atoms with van der Waals surface area (Å²) in [5, 5.41) is 3.42. The lowest BCUT2D eigenvalue weighted by atomic mass is 10.0. The van der Waals surface area contributed by atoms with Crippen molar-refractivity contribution in [3.8, 4) is 0 Å². The van der Waals surface area contributed by atoms with Gasteiger partial charge in [0.1, 0.15) is 0 Å². The Morgan fingerprint density at radius 2 is 2.26 bits per heavy atom. The van der Waals surface area contributed by atoms with Gasteiger partial charge in [-0.25, -0.2) is 4.79 Å². The molecule has 0 aromatic heterocycles. The maximum absolute atomic E-state index is 11.9. The highest BCUT2D eigenvalue weighted by molar-refractivity contribution is 5.95. The smallest absolute Gasteiger partial charge is 0.339 e. The number of hydrogen-bond acceptors (Lipinski definition) is 4. The second-order valence-electron chi connectivity index (χ2n) is 4.85. The van der Waals surface area contributed by atoms with Crippen LogP contribution >= 0.6 is 0 Å². The van der Waals surface area contributed by atoms with E-state index in [2.05, 4.69) is 17.1 Å². The highest BCUT2D eigenvalue weighted by Gasteiger charge is 2.25. The molecule has 19 heavy (non-hydrogen) atoms. The van der Waals surface area contributed by atoms with Crippen LogP contribution in [0.1, 0.15) is 30.1 Å². The van der Waals surface area contributed by atoms with Crippen molar-refractivity contribution < 1.29 is 9.53 Å². The monoisotopic (exact) mass is 262 g/mol. The average Bonchev–Trinajstić information content (AvgIpc) is 2.47. The van der Waals surface area contributed by atoms with Crippen molar-refractivity contribution >= 4 is 11.7 Å². The van der Waals surface area contributed by atoms with Crippen LogP contribution in [0.3, 0.4) is 0 Å². The molecule has 0 amide bonds. The zero-order chi connectivity index (χ0) is 13.7. The highest BCUT2D eigenvalue weighted by Crippen LogP contribution is 2.25. The molecule has 0 radical (unpaired) electrons. The minimum absolute atomic E-state index is 0.260. The Bertz CT molecular complexity index is 432. The standard InChI is InChI=1S/C15H22N2O2/c1-3-6-12-11-16-9-10-17(12)14-8-5-4-7-13(14)15(18)19-2/h4-5,7-8,12,16H,3,6,9-11H2,1-2H3. The number of rotatable bonds is 4. The summed E-state index contributed by atoms with van der Waals surface area (Å²) < 4.78 is 4.88. The van der Waals surface area contributed by atoms with Gasteiger partial charge in [0.05, 0.1) is 18.4 Å². The third-order valence-electron chi connectivity index (χ3n) is 3.59. The lowest BCUT2D eigenvalue weighted by molar-refractivity contribution is 0.0601. The molecule has 1 saturated heterocycles. The number of hydrogen-bond donors (Lipinski definition) is 1. The predicted molar refractivity (Wildman–Crippen MR) is 76.7 cm³/mol. The molecule has 4 heteroatoms. The summed E-state index contributed by atoms with van der Waals surface area (Å²) in [4.78, 5) is 14.2. The Kier molecular flexibility index (Phi) is 4.80. The first kappa shape index (κ1) is 13.9. The van der Waals surface area contributed by atoms with E-state index in [0.717, 1.165) is 38.2 Å². The number of piperazine rings is 1. The number of anilines is 1. The molecule has 1 fully saturated rings. The van der Waals surface area contributed by atoms with Gasteiger partial charge in [0, 0.05) is 25.7 Å². The van der Waals surface area contributed by atoms with E-state index < -0.39 is 0 Å². The van der Waals surface area contributed by atoms with Gasteiger partial charge in [0.2, 0.25) is 0 Å². The summed E-state index contributed by atoms with van der Waals surface area (Å²) >= 11 is 0. The largest absolute Gasteiger partial charge is 0.465 e. The Labute approximate surface area is 114 Å². The molecule has 1 aliphatic heterocycles. The van der Waals surface area contributed by atoms with Gasteiger partial charge in [0.25, 0.3) is 0 Å².